The van der Waals surface area contributed by atoms with E-state index in [2.05, 4.69) is 21.6 Å². The Balaban J connectivity index is 1.45. The minimum Gasteiger partial charge on any atom is -0.459 e. The van der Waals surface area contributed by atoms with Crippen molar-refractivity contribution in [3.63, 3.8) is 0 Å². The summed E-state index contributed by atoms with van der Waals surface area (Å²) in [5.74, 6) is -0.290. The Morgan fingerprint density at radius 1 is 0.862 bits per heavy atom. The van der Waals surface area contributed by atoms with Gasteiger partial charge in [-0.2, -0.15) is 0 Å². The fourth-order valence-electron chi connectivity index (χ4n) is 3.46. The summed E-state index contributed by atoms with van der Waals surface area (Å²) in [6.45, 7) is 2.02. The van der Waals surface area contributed by atoms with E-state index in [1.54, 1.807) is 24.3 Å². The fraction of sp³-hybridized carbons (Fsp3) is 0.273. The molecule has 2 aromatic heterocycles. The fourth-order valence-corrected chi connectivity index (χ4v) is 4.26. The van der Waals surface area contributed by atoms with Gasteiger partial charge in [-0.1, -0.05) is 25.0 Å². The standard InChI is InChI=1S/C22H23N3O3S/c26-21(18-10-7-15-28-18)24-20-12-11-19(29-20)22(27)23-16-8-3-4-9-17(16)25-13-5-1-2-6-14-25/h3-4,7-12,15H,1-2,5-6,13-14H2,(H,23,27)(H,24,26). The number of amides is 2. The quantitative estimate of drug-likeness (QED) is 0.605. The average Bonchev–Trinajstić information content (AvgIpc) is 3.36. The third-order valence-corrected chi connectivity index (χ3v) is 5.91. The maximum atomic E-state index is 12.8. The Labute approximate surface area is 173 Å². The molecule has 1 saturated heterocycles. The summed E-state index contributed by atoms with van der Waals surface area (Å²) < 4.78 is 5.09. The first kappa shape index (κ1) is 19.3. The molecule has 1 fully saturated rings. The number of hydrogen-bond donors (Lipinski definition) is 2. The van der Waals surface area contributed by atoms with Crippen LogP contribution in [0.5, 0.6) is 0 Å². The molecule has 150 valence electrons. The maximum Gasteiger partial charge on any atom is 0.291 e. The molecule has 3 aromatic rings. The number of thiophene rings is 1. The monoisotopic (exact) mass is 409 g/mol. The molecule has 1 aliphatic rings. The molecule has 1 aliphatic heterocycles. The maximum absolute atomic E-state index is 12.8. The molecule has 1 aromatic carbocycles. The molecule has 7 heteroatoms. The van der Waals surface area contributed by atoms with Gasteiger partial charge in [-0.3, -0.25) is 9.59 Å². The second-order valence-corrected chi connectivity index (χ2v) is 8.05. The van der Waals surface area contributed by atoms with Crippen LogP contribution in [0.15, 0.2) is 59.2 Å². The van der Waals surface area contributed by atoms with Crippen LogP contribution >= 0.6 is 11.3 Å². The van der Waals surface area contributed by atoms with Gasteiger partial charge in [-0.05, 0) is 49.2 Å². The molecule has 0 bridgehead atoms. The molecule has 4 rings (SSSR count). The van der Waals surface area contributed by atoms with E-state index in [1.807, 2.05) is 18.2 Å². The van der Waals surface area contributed by atoms with Crippen LogP contribution in [0.2, 0.25) is 0 Å². The summed E-state index contributed by atoms with van der Waals surface area (Å²) in [5.41, 5.74) is 1.87. The largest absolute Gasteiger partial charge is 0.459 e. The Morgan fingerprint density at radius 2 is 1.66 bits per heavy atom. The van der Waals surface area contributed by atoms with E-state index in [0.717, 1.165) is 24.5 Å². The molecule has 3 heterocycles. The highest BCUT2D eigenvalue weighted by Crippen LogP contribution is 2.30. The van der Waals surface area contributed by atoms with Gasteiger partial charge in [0.05, 0.1) is 27.5 Å². The van der Waals surface area contributed by atoms with E-state index in [1.165, 1.54) is 43.3 Å². The normalized spacial score (nSPS) is 14.3. The molecule has 0 unspecified atom stereocenters. The van der Waals surface area contributed by atoms with Crippen LogP contribution in [-0.2, 0) is 0 Å². The van der Waals surface area contributed by atoms with Crippen molar-refractivity contribution in [3.05, 3.63) is 65.4 Å². The minimum atomic E-state index is -0.338. The van der Waals surface area contributed by atoms with Crippen molar-refractivity contribution < 1.29 is 14.0 Å². The number of carbonyl (C=O) groups excluding carboxylic acids is 2. The summed E-state index contributed by atoms with van der Waals surface area (Å²) >= 11 is 1.23. The van der Waals surface area contributed by atoms with Crippen LogP contribution in [-0.4, -0.2) is 24.9 Å². The topological polar surface area (TPSA) is 74.6 Å². The number of hydrogen-bond acceptors (Lipinski definition) is 5. The lowest BCUT2D eigenvalue weighted by Crippen LogP contribution is -2.25. The number of carbonyl (C=O) groups is 2. The van der Waals surface area contributed by atoms with E-state index in [4.69, 9.17) is 4.42 Å². The minimum absolute atomic E-state index is 0.184. The molecule has 2 amide bonds. The van der Waals surface area contributed by atoms with Gasteiger partial charge in [-0.15, -0.1) is 11.3 Å². The van der Waals surface area contributed by atoms with Crippen LogP contribution in [0, 0.1) is 0 Å². The first-order valence-electron chi connectivity index (χ1n) is 9.81. The van der Waals surface area contributed by atoms with Crippen LogP contribution < -0.4 is 15.5 Å². The first-order chi connectivity index (χ1) is 14.2. The second-order valence-electron chi connectivity index (χ2n) is 6.97. The number of nitrogens with zero attached hydrogens (tertiary/aromatic N) is 1. The highest BCUT2D eigenvalue weighted by Gasteiger charge is 2.17. The molecule has 0 aliphatic carbocycles. The van der Waals surface area contributed by atoms with E-state index < -0.39 is 0 Å². The van der Waals surface area contributed by atoms with Crippen molar-refractivity contribution in [3.8, 4) is 0 Å². The number of nitrogens with one attached hydrogen (secondary N) is 2. The van der Waals surface area contributed by atoms with E-state index in [9.17, 15) is 9.59 Å². The first-order valence-corrected chi connectivity index (χ1v) is 10.6. The third kappa shape index (κ3) is 4.68. The van der Waals surface area contributed by atoms with Crippen LogP contribution in [0.25, 0.3) is 0 Å². The van der Waals surface area contributed by atoms with Crippen molar-refractivity contribution in [1.29, 1.82) is 0 Å². The lowest BCUT2D eigenvalue weighted by atomic mass is 10.2. The SMILES string of the molecule is O=C(Nc1ccc(C(=O)Nc2ccccc2N2CCCCCC2)s1)c1ccco1. The van der Waals surface area contributed by atoms with Gasteiger partial charge in [0.1, 0.15) is 0 Å². The van der Waals surface area contributed by atoms with Crippen molar-refractivity contribution in [2.24, 2.45) is 0 Å². The predicted octanol–water partition coefficient (Wildman–Crippen LogP) is 5.23. The molecule has 6 nitrogen and oxygen atoms in total. The smallest absolute Gasteiger partial charge is 0.291 e. The Bertz CT molecular complexity index is 973. The Hall–Kier alpha value is -3.06. The van der Waals surface area contributed by atoms with Crippen LogP contribution in [0.1, 0.15) is 45.9 Å². The van der Waals surface area contributed by atoms with E-state index in [-0.39, 0.29) is 17.6 Å². The van der Waals surface area contributed by atoms with E-state index in [0.29, 0.717) is 9.88 Å². The van der Waals surface area contributed by atoms with Gasteiger partial charge >= 0.3 is 0 Å². The molecule has 0 radical (unpaired) electrons. The average molecular weight is 410 g/mol. The van der Waals surface area contributed by atoms with Crippen LogP contribution in [0.4, 0.5) is 16.4 Å². The van der Waals surface area contributed by atoms with Crippen LogP contribution in [0.3, 0.4) is 0 Å². The summed E-state index contributed by atoms with van der Waals surface area (Å²) in [6, 6.07) is 14.6. The molecule has 0 spiro atoms. The van der Waals surface area contributed by atoms with Gasteiger partial charge < -0.3 is 20.0 Å². The summed E-state index contributed by atoms with van der Waals surface area (Å²) in [7, 11) is 0. The lowest BCUT2D eigenvalue weighted by molar-refractivity contribution is 0.0995. The van der Waals surface area contributed by atoms with E-state index >= 15 is 0 Å². The molecule has 0 saturated carbocycles. The number of anilines is 3. The van der Waals surface area contributed by atoms with Crippen molar-refractivity contribution in [1.82, 2.24) is 0 Å². The van der Waals surface area contributed by atoms with Crippen molar-refractivity contribution in [2.75, 3.05) is 28.6 Å². The molecular formula is C22H23N3O3S. The number of para-hydroxylation sites is 2. The number of benzene rings is 1. The Kier molecular flexibility index (Phi) is 5.95. The molecule has 0 atom stereocenters. The summed E-state index contributed by atoms with van der Waals surface area (Å²) in [6.07, 6.45) is 6.31. The molecule has 2 N–H and O–H groups in total. The van der Waals surface area contributed by atoms with Crippen molar-refractivity contribution >= 4 is 39.5 Å². The number of furan rings is 1. The zero-order valence-electron chi connectivity index (χ0n) is 16.0. The third-order valence-electron chi connectivity index (χ3n) is 4.91. The second kappa shape index (κ2) is 8.96. The molecular weight excluding hydrogens is 386 g/mol. The van der Waals surface area contributed by atoms with Gasteiger partial charge in [0.15, 0.2) is 5.76 Å². The molecule has 29 heavy (non-hydrogen) atoms. The predicted molar refractivity (Wildman–Crippen MR) is 116 cm³/mol. The Morgan fingerprint density at radius 3 is 2.41 bits per heavy atom. The zero-order chi connectivity index (χ0) is 20.1. The summed E-state index contributed by atoms with van der Waals surface area (Å²) in [4.78, 5) is 27.8. The van der Waals surface area contributed by atoms with Gasteiger partial charge in [0.25, 0.3) is 11.8 Å². The lowest BCUT2D eigenvalue weighted by Gasteiger charge is -2.25. The van der Waals surface area contributed by atoms with Crippen molar-refractivity contribution in [2.45, 2.75) is 25.7 Å². The van der Waals surface area contributed by atoms with Gasteiger partial charge in [-0.25, -0.2) is 0 Å². The van der Waals surface area contributed by atoms with Gasteiger partial charge in [0.2, 0.25) is 0 Å². The van der Waals surface area contributed by atoms with Gasteiger partial charge in [0, 0.05) is 13.1 Å². The highest BCUT2D eigenvalue weighted by molar-refractivity contribution is 7.18. The zero-order valence-corrected chi connectivity index (χ0v) is 16.8. The highest BCUT2D eigenvalue weighted by atomic mass is 32.1. The summed E-state index contributed by atoms with van der Waals surface area (Å²) in [5, 5.41) is 6.38. The number of rotatable bonds is 5.